The Morgan fingerprint density at radius 1 is 1.43 bits per heavy atom. The summed E-state index contributed by atoms with van der Waals surface area (Å²) in [4.78, 5) is 0. The fraction of sp³-hybridized carbons (Fsp3) is 0.455. The van der Waals surface area contributed by atoms with Crippen LogP contribution in [0.5, 0.6) is 5.75 Å². The van der Waals surface area contributed by atoms with Crippen LogP contribution in [0.3, 0.4) is 0 Å². The van der Waals surface area contributed by atoms with Crippen LogP contribution >= 0.6 is 0 Å². The van der Waals surface area contributed by atoms with Gasteiger partial charge in [-0.15, -0.1) is 0 Å². The van der Waals surface area contributed by atoms with Crippen LogP contribution in [0.4, 0.5) is 0 Å². The van der Waals surface area contributed by atoms with Crippen molar-refractivity contribution < 1.29 is 14.6 Å². The molecule has 0 aliphatic carbocycles. The van der Waals surface area contributed by atoms with Crippen molar-refractivity contribution in [3.05, 3.63) is 29.8 Å². The van der Waals surface area contributed by atoms with E-state index >= 15 is 0 Å². The highest BCUT2D eigenvalue weighted by Gasteiger charge is 2.43. The van der Waals surface area contributed by atoms with Crippen molar-refractivity contribution in [2.45, 2.75) is 12.0 Å². The zero-order valence-corrected chi connectivity index (χ0v) is 8.19. The normalized spacial score (nSPS) is 24.7. The zero-order valence-electron chi connectivity index (χ0n) is 8.19. The molecule has 3 nitrogen and oxygen atoms in total. The van der Waals surface area contributed by atoms with Crippen molar-refractivity contribution in [1.82, 2.24) is 0 Å². The molecule has 1 heterocycles. The van der Waals surface area contributed by atoms with Gasteiger partial charge in [-0.3, -0.25) is 0 Å². The van der Waals surface area contributed by atoms with E-state index in [2.05, 4.69) is 0 Å². The number of epoxide rings is 1. The molecule has 14 heavy (non-hydrogen) atoms. The smallest absolute Gasteiger partial charge is 0.118 e. The van der Waals surface area contributed by atoms with E-state index in [1.165, 1.54) is 0 Å². The molecule has 3 heteroatoms. The Morgan fingerprint density at radius 3 is 2.50 bits per heavy atom. The Hall–Kier alpha value is -1.06. The summed E-state index contributed by atoms with van der Waals surface area (Å²) >= 11 is 0. The monoisotopic (exact) mass is 194 g/mol. The summed E-state index contributed by atoms with van der Waals surface area (Å²) in [6.45, 7) is 0.758. The third-order valence-electron chi connectivity index (χ3n) is 2.53. The molecular weight excluding hydrogens is 180 g/mol. The Balaban J connectivity index is 2.03. The first-order valence-electron chi connectivity index (χ1n) is 4.66. The number of ether oxygens (including phenoxy) is 2. The van der Waals surface area contributed by atoms with Gasteiger partial charge >= 0.3 is 0 Å². The number of rotatable bonds is 4. The van der Waals surface area contributed by atoms with E-state index in [4.69, 9.17) is 14.6 Å². The molecule has 1 fully saturated rings. The Morgan fingerprint density at radius 2 is 2.07 bits per heavy atom. The molecule has 1 saturated heterocycles. The zero-order chi connectivity index (χ0) is 10.0. The molecule has 0 aromatic heterocycles. The summed E-state index contributed by atoms with van der Waals surface area (Å²) in [6.07, 6.45) is 0.771. The van der Waals surface area contributed by atoms with Crippen molar-refractivity contribution in [3.63, 3.8) is 0 Å². The highest BCUT2D eigenvalue weighted by atomic mass is 16.6. The molecule has 0 spiro atoms. The molecule has 1 aliphatic rings. The predicted molar refractivity (Wildman–Crippen MR) is 52.5 cm³/mol. The minimum Gasteiger partial charge on any atom is -0.497 e. The lowest BCUT2D eigenvalue weighted by molar-refractivity contribution is 0.171. The fourth-order valence-electron chi connectivity index (χ4n) is 1.47. The highest BCUT2D eigenvalue weighted by Crippen LogP contribution is 2.30. The third kappa shape index (κ3) is 1.89. The van der Waals surface area contributed by atoms with Crippen LogP contribution in [0.25, 0.3) is 0 Å². The molecule has 1 aromatic rings. The van der Waals surface area contributed by atoms with Crippen molar-refractivity contribution >= 4 is 0 Å². The van der Waals surface area contributed by atoms with Crippen LogP contribution in [0.2, 0.25) is 0 Å². The molecule has 2 rings (SSSR count). The second-order valence-electron chi connectivity index (χ2n) is 3.65. The average molecular weight is 194 g/mol. The van der Waals surface area contributed by atoms with Gasteiger partial charge in [0.05, 0.1) is 20.3 Å². The van der Waals surface area contributed by atoms with Gasteiger partial charge in [0.15, 0.2) is 0 Å². The minimum absolute atomic E-state index is 0.0963. The van der Waals surface area contributed by atoms with Gasteiger partial charge in [0.25, 0.3) is 0 Å². The SMILES string of the molecule is COc1ccc(C[C@@]2(CO)CO2)cc1. The third-order valence-corrected chi connectivity index (χ3v) is 2.53. The van der Waals surface area contributed by atoms with Crippen LogP contribution in [0.15, 0.2) is 24.3 Å². The van der Waals surface area contributed by atoms with Gasteiger partial charge in [-0.1, -0.05) is 12.1 Å². The molecular formula is C11H14O3. The van der Waals surface area contributed by atoms with Crippen LogP contribution in [-0.2, 0) is 11.2 Å². The quantitative estimate of drug-likeness (QED) is 0.727. The molecule has 1 aromatic carbocycles. The molecule has 1 aliphatic heterocycles. The van der Waals surface area contributed by atoms with Crippen LogP contribution < -0.4 is 4.74 Å². The summed E-state index contributed by atoms with van der Waals surface area (Å²) < 4.78 is 10.3. The van der Waals surface area contributed by atoms with E-state index in [1.54, 1.807) is 7.11 Å². The Labute approximate surface area is 83.3 Å². The topological polar surface area (TPSA) is 42.0 Å². The van der Waals surface area contributed by atoms with Crippen LogP contribution in [0.1, 0.15) is 5.56 Å². The van der Waals surface area contributed by atoms with E-state index in [-0.39, 0.29) is 12.2 Å². The van der Waals surface area contributed by atoms with Gasteiger partial charge < -0.3 is 14.6 Å². The van der Waals surface area contributed by atoms with Crippen LogP contribution in [-0.4, -0.2) is 31.0 Å². The maximum absolute atomic E-state index is 9.07. The molecule has 1 atom stereocenters. The number of hydrogen-bond acceptors (Lipinski definition) is 3. The molecule has 1 N–H and O–H groups in total. The van der Waals surface area contributed by atoms with Gasteiger partial charge in [0, 0.05) is 6.42 Å². The van der Waals surface area contributed by atoms with Gasteiger partial charge in [0.2, 0.25) is 0 Å². The molecule has 0 unspecified atom stereocenters. The van der Waals surface area contributed by atoms with E-state index in [9.17, 15) is 0 Å². The number of hydrogen-bond donors (Lipinski definition) is 1. The lowest BCUT2D eigenvalue weighted by Gasteiger charge is -2.08. The molecule has 0 saturated carbocycles. The second kappa shape index (κ2) is 3.59. The number of methoxy groups -OCH3 is 1. The first-order valence-corrected chi connectivity index (χ1v) is 4.66. The number of aliphatic hydroxyl groups excluding tert-OH is 1. The molecule has 0 bridgehead atoms. The lowest BCUT2D eigenvalue weighted by atomic mass is 10.0. The van der Waals surface area contributed by atoms with Gasteiger partial charge in [-0.25, -0.2) is 0 Å². The molecule has 76 valence electrons. The maximum Gasteiger partial charge on any atom is 0.118 e. The summed E-state index contributed by atoms with van der Waals surface area (Å²) in [5, 5.41) is 9.07. The first-order chi connectivity index (χ1) is 6.78. The largest absolute Gasteiger partial charge is 0.497 e. The minimum atomic E-state index is -0.297. The van der Waals surface area contributed by atoms with Crippen molar-refractivity contribution in [2.24, 2.45) is 0 Å². The van der Waals surface area contributed by atoms with E-state index < -0.39 is 0 Å². The highest BCUT2D eigenvalue weighted by molar-refractivity contribution is 5.28. The number of benzene rings is 1. The van der Waals surface area contributed by atoms with E-state index in [0.717, 1.165) is 17.7 Å². The summed E-state index contributed by atoms with van der Waals surface area (Å²) in [5.74, 6) is 0.850. The fourth-order valence-corrected chi connectivity index (χ4v) is 1.47. The summed E-state index contributed by atoms with van der Waals surface area (Å²) in [6, 6.07) is 7.83. The summed E-state index contributed by atoms with van der Waals surface area (Å²) in [7, 11) is 1.65. The maximum atomic E-state index is 9.07. The number of aliphatic hydroxyl groups is 1. The van der Waals surface area contributed by atoms with Gasteiger partial charge in [-0.2, -0.15) is 0 Å². The average Bonchev–Trinajstić information content (AvgIpc) is 3.00. The van der Waals surface area contributed by atoms with Crippen molar-refractivity contribution in [3.8, 4) is 5.75 Å². The van der Waals surface area contributed by atoms with E-state index in [1.807, 2.05) is 24.3 Å². The van der Waals surface area contributed by atoms with Gasteiger partial charge in [-0.05, 0) is 17.7 Å². The standard InChI is InChI=1S/C11H14O3/c1-13-10-4-2-9(3-5-10)6-11(7-12)8-14-11/h2-5,12H,6-8H2,1H3/t11-/m1/s1. The molecule has 0 amide bonds. The van der Waals surface area contributed by atoms with Crippen LogP contribution in [0, 0.1) is 0 Å². The first kappa shape index (κ1) is 9.49. The Kier molecular flexibility index (Phi) is 2.44. The van der Waals surface area contributed by atoms with E-state index in [0.29, 0.717) is 6.61 Å². The lowest BCUT2D eigenvalue weighted by Crippen LogP contribution is -2.19. The van der Waals surface area contributed by atoms with Crippen molar-refractivity contribution in [2.75, 3.05) is 20.3 Å². The summed E-state index contributed by atoms with van der Waals surface area (Å²) in [5.41, 5.74) is 0.867. The predicted octanol–water partition coefficient (Wildman–Crippen LogP) is 0.999. The molecule has 0 radical (unpaired) electrons. The Bertz CT molecular complexity index is 301. The second-order valence-corrected chi connectivity index (χ2v) is 3.65. The van der Waals surface area contributed by atoms with Crippen molar-refractivity contribution in [1.29, 1.82) is 0 Å². The van der Waals surface area contributed by atoms with Gasteiger partial charge in [0.1, 0.15) is 11.4 Å².